The molecule has 4 atom stereocenters. The third-order valence-corrected chi connectivity index (χ3v) is 11.0. The van der Waals surface area contributed by atoms with E-state index in [9.17, 15) is 19.8 Å². The number of nitrogens with zero attached hydrogens (tertiary/aromatic N) is 3. The molecule has 0 radical (unpaired) electrons. The zero-order valence-electron chi connectivity index (χ0n) is 24.2. The van der Waals surface area contributed by atoms with Gasteiger partial charge in [-0.3, -0.25) is 19.4 Å². The van der Waals surface area contributed by atoms with Crippen molar-refractivity contribution in [3.05, 3.63) is 88.5 Å². The SMILES string of the molecule is O=C1c2ccccc2C(=O)N1Cc1ccc(ON=C2CCC3(O)[C@H]4Cc5ccc(O)c6c5[C@@]3(CCN4CC3CC3)[C@H]2O6)cc1. The number of carbonyl (C=O) groups excluding carboxylic acids is 2. The van der Waals surface area contributed by atoms with Gasteiger partial charge in [-0.1, -0.05) is 35.5 Å². The Balaban J connectivity index is 0.979. The Labute approximate surface area is 254 Å². The number of fused-ring (bicyclic) bond motifs is 1. The number of imide groups is 1. The molecule has 3 fully saturated rings. The van der Waals surface area contributed by atoms with Crippen LogP contribution in [-0.4, -0.2) is 68.4 Å². The van der Waals surface area contributed by atoms with Crippen LogP contribution in [-0.2, 0) is 18.4 Å². The number of phenolic OH excluding ortho intramolecular Hbond substituents is 1. The average molecular weight is 592 g/mol. The lowest BCUT2D eigenvalue weighted by Gasteiger charge is -2.63. The maximum atomic E-state index is 12.8. The molecule has 2 saturated carbocycles. The highest BCUT2D eigenvalue weighted by Crippen LogP contribution is 2.65. The molecule has 3 heterocycles. The molecule has 1 spiro atoms. The van der Waals surface area contributed by atoms with E-state index in [1.807, 2.05) is 18.2 Å². The van der Waals surface area contributed by atoms with Crippen molar-refractivity contribution in [1.29, 1.82) is 0 Å². The fourth-order valence-electron chi connectivity index (χ4n) is 8.71. The fraction of sp³-hybridized carbons (Fsp3) is 0.400. The van der Waals surface area contributed by atoms with Crippen molar-refractivity contribution in [3.63, 3.8) is 0 Å². The van der Waals surface area contributed by atoms with Gasteiger partial charge in [0.25, 0.3) is 11.8 Å². The van der Waals surface area contributed by atoms with Crippen LogP contribution in [0.1, 0.15) is 69.5 Å². The van der Waals surface area contributed by atoms with E-state index in [1.165, 1.54) is 17.7 Å². The number of hydrogen-bond acceptors (Lipinski definition) is 8. The first-order valence-corrected chi connectivity index (χ1v) is 15.6. The molecular formula is C35H33N3O6. The van der Waals surface area contributed by atoms with Crippen LogP contribution in [0.5, 0.6) is 17.2 Å². The lowest BCUT2D eigenvalue weighted by molar-refractivity contribution is -0.167. The molecular weight excluding hydrogens is 558 g/mol. The average Bonchev–Trinajstić information content (AvgIpc) is 3.73. The smallest absolute Gasteiger partial charge is 0.261 e. The van der Waals surface area contributed by atoms with Crippen LogP contribution in [0, 0.1) is 5.92 Å². The van der Waals surface area contributed by atoms with Crippen LogP contribution in [0.25, 0.3) is 0 Å². The van der Waals surface area contributed by atoms with E-state index in [0.717, 1.165) is 54.3 Å². The molecule has 2 amide bonds. The number of ether oxygens (including phenoxy) is 1. The number of carbonyl (C=O) groups is 2. The summed E-state index contributed by atoms with van der Waals surface area (Å²) in [6.07, 6.45) is 4.57. The van der Waals surface area contributed by atoms with Crippen LogP contribution in [0.3, 0.4) is 0 Å². The molecule has 3 aliphatic heterocycles. The Hall–Kier alpha value is -4.21. The summed E-state index contributed by atoms with van der Waals surface area (Å²) in [4.78, 5) is 35.3. The number of benzene rings is 3. The number of aliphatic hydroxyl groups is 1. The second-order valence-electron chi connectivity index (χ2n) is 13.3. The first kappa shape index (κ1) is 26.2. The monoisotopic (exact) mass is 591 g/mol. The van der Waals surface area contributed by atoms with E-state index in [1.54, 1.807) is 42.5 Å². The minimum absolute atomic E-state index is 0.00289. The predicted octanol–water partition coefficient (Wildman–Crippen LogP) is 4.19. The first-order valence-electron chi connectivity index (χ1n) is 15.6. The predicted molar refractivity (Wildman–Crippen MR) is 160 cm³/mol. The molecule has 2 bridgehead atoms. The number of rotatable bonds is 6. The Kier molecular flexibility index (Phi) is 5.45. The summed E-state index contributed by atoms with van der Waals surface area (Å²) in [5, 5.41) is 28.0. The number of phenols is 1. The number of likely N-dealkylation sites (tertiary alicyclic amines) is 1. The molecule has 9 heteroatoms. The molecule has 224 valence electrons. The Morgan fingerprint density at radius 3 is 2.45 bits per heavy atom. The number of piperidine rings is 1. The lowest BCUT2D eigenvalue weighted by Crippen LogP contribution is -2.76. The number of aromatic hydroxyl groups is 1. The van der Waals surface area contributed by atoms with Crippen LogP contribution in [0.2, 0.25) is 0 Å². The summed E-state index contributed by atoms with van der Waals surface area (Å²) in [6, 6.07) is 17.8. The maximum Gasteiger partial charge on any atom is 0.261 e. The topological polar surface area (TPSA) is 112 Å². The number of amides is 2. The van der Waals surface area contributed by atoms with E-state index in [-0.39, 0.29) is 30.2 Å². The van der Waals surface area contributed by atoms with Gasteiger partial charge >= 0.3 is 0 Å². The van der Waals surface area contributed by atoms with Crippen molar-refractivity contribution in [2.75, 3.05) is 13.1 Å². The van der Waals surface area contributed by atoms with Gasteiger partial charge in [0.1, 0.15) is 0 Å². The van der Waals surface area contributed by atoms with E-state index in [4.69, 9.17) is 9.57 Å². The fourth-order valence-corrected chi connectivity index (χ4v) is 8.71. The molecule has 1 saturated heterocycles. The first-order chi connectivity index (χ1) is 21.4. The Bertz CT molecular complexity index is 1730. The summed E-state index contributed by atoms with van der Waals surface area (Å²) in [6.45, 7) is 2.07. The van der Waals surface area contributed by atoms with Crippen LogP contribution in [0.15, 0.2) is 65.8 Å². The minimum Gasteiger partial charge on any atom is -0.504 e. The quantitative estimate of drug-likeness (QED) is 0.327. The van der Waals surface area contributed by atoms with Gasteiger partial charge in [-0.15, -0.1) is 0 Å². The molecule has 9 nitrogen and oxygen atoms in total. The van der Waals surface area contributed by atoms with Gasteiger partial charge in [0.05, 0.1) is 34.4 Å². The van der Waals surface area contributed by atoms with Crippen molar-refractivity contribution in [2.24, 2.45) is 11.1 Å². The summed E-state index contributed by atoms with van der Waals surface area (Å²) in [5.41, 5.74) is 2.82. The van der Waals surface area contributed by atoms with Gasteiger partial charge in [-0.2, -0.15) is 0 Å². The molecule has 3 aromatic carbocycles. The molecule has 3 aliphatic carbocycles. The van der Waals surface area contributed by atoms with Crippen molar-refractivity contribution in [2.45, 2.75) is 68.2 Å². The second kappa shape index (κ2) is 9.15. The Morgan fingerprint density at radius 2 is 1.73 bits per heavy atom. The molecule has 3 aromatic rings. The molecule has 0 aromatic heterocycles. The minimum atomic E-state index is -0.985. The zero-order valence-corrected chi connectivity index (χ0v) is 24.2. The largest absolute Gasteiger partial charge is 0.504 e. The zero-order chi connectivity index (χ0) is 29.8. The summed E-state index contributed by atoms with van der Waals surface area (Å²) >= 11 is 0. The normalized spacial score (nSPS) is 30.8. The van der Waals surface area contributed by atoms with Gasteiger partial charge < -0.3 is 19.8 Å². The van der Waals surface area contributed by atoms with Gasteiger partial charge in [-0.05, 0) is 92.4 Å². The van der Waals surface area contributed by atoms with E-state index >= 15 is 0 Å². The van der Waals surface area contributed by atoms with Gasteiger partial charge in [0, 0.05) is 18.2 Å². The number of hydrogen-bond donors (Lipinski definition) is 2. The van der Waals surface area contributed by atoms with Gasteiger partial charge in [-0.25, -0.2) is 0 Å². The van der Waals surface area contributed by atoms with E-state index < -0.39 is 17.1 Å². The summed E-state index contributed by atoms with van der Waals surface area (Å²) < 4.78 is 6.54. The summed E-state index contributed by atoms with van der Waals surface area (Å²) in [7, 11) is 0. The van der Waals surface area contributed by atoms with Gasteiger partial charge in [0.2, 0.25) is 0 Å². The summed E-state index contributed by atoms with van der Waals surface area (Å²) in [5.74, 6) is 1.25. The van der Waals surface area contributed by atoms with Crippen molar-refractivity contribution < 1.29 is 29.4 Å². The highest BCUT2D eigenvalue weighted by Gasteiger charge is 2.72. The van der Waals surface area contributed by atoms with Gasteiger partial charge in [0.15, 0.2) is 23.4 Å². The number of oxime groups is 1. The van der Waals surface area contributed by atoms with Crippen molar-refractivity contribution >= 4 is 17.5 Å². The maximum absolute atomic E-state index is 12.8. The second-order valence-corrected chi connectivity index (χ2v) is 13.3. The molecule has 2 N–H and O–H groups in total. The highest BCUT2D eigenvalue weighted by atomic mass is 16.6. The third-order valence-electron chi connectivity index (χ3n) is 11.0. The molecule has 6 aliphatic rings. The molecule has 44 heavy (non-hydrogen) atoms. The molecule has 1 unspecified atom stereocenters. The van der Waals surface area contributed by atoms with Crippen LogP contribution in [0.4, 0.5) is 0 Å². The van der Waals surface area contributed by atoms with Crippen LogP contribution >= 0.6 is 0 Å². The molecule has 9 rings (SSSR count). The van der Waals surface area contributed by atoms with E-state index in [0.29, 0.717) is 35.5 Å². The lowest BCUT2D eigenvalue weighted by atomic mass is 9.49. The standard InChI is InChI=1S/C35H33N3O6/c39-27-12-9-22-17-28-35(42)14-13-26(31-34(35,29(22)30(27)43-31)15-16-37(28)18-20-5-6-20)36-44-23-10-7-21(8-11-23)19-38-32(40)24-3-1-2-4-25(24)33(38)41/h1-4,7-12,20,28,31,39,42H,5-6,13-19H2/t28-,31+,34+,35?/m1/s1. The third kappa shape index (κ3) is 3.51. The van der Waals surface area contributed by atoms with Crippen molar-refractivity contribution in [1.82, 2.24) is 9.80 Å². The van der Waals surface area contributed by atoms with Crippen molar-refractivity contribution in [3.8, 4) is 17.2 Å². The van der Waals surface area contributed by atoms with Crippen LogP contribution < -0.4 is 9.57 Å². The highest BCUT2D eigenvalue weighted by molar-refractivity contribution is 6.21. The Morgan fingerprint density at radius 1 is 0.977 bits per heavy atom. The van der Waals surface area contributed by atoms with E-state index in [2.05, 4.69) is 10.1 Å².